The molecule has 1 heterocycles. The Morgan fingerprint density at radius 3 is 2.36 bits per heavy atom. The van der Waals surface area contributed by atoms with Gasteiger partial charge in [-0.15, -0.1) is 0 Å². The average Bonchev–Trinajstić information content (AvgIpc) is 2.92. The Kier molecular flexibility index (Phi) is 8.13. The maximum absolute atomic E-state index is 12.7. The van der Waals surface area contributed by atoms with Crippen LogP contribution in [-0.4, -0.2) is 72.5 Å². The first-order valence-electron chi connectivity index (χ1n) is 12.2. The highest BCUT2D eigenvalue weighted by molar-refractivity contribution is 5.95. The molecule has 0 aliphatic carbocycles. The zero-order valence-electron chi connectivity index (χ0n) is 20.4. The molecule has 0 unspecified atom stereocenters. The van der Waals surface area contributed by atoms with Crippen molar-refractivity contribution in [1.82, 2.24) is 9.80 Å². The number of likely N-dealkylation sites (tertiary alicyclic amines) is 1. The summed E-state index contributed by atoms with van der Waals surface area (Å²) in [5.41, 5.74) is 3.57. The van der Waals surface area contributed by atoms with Crippen LogP contribution in [0.3, 0.4) is 0 Å². The molecule has 1 aliphatic heterocycles. The summed E-state index contributed by atoms with van der Waals surface area (Å²) in [6.45, 7) is 2.76. The van der Waals surface area contributed by atoms with Gasteiger partial charge < -0.3 is 14.9 Å². The Balaban J connectivity index is 1.37. The number of carboxylic acid groups (broad SMARTS) is 1. The lowest BCUT2D eigenvalue weighted by molar-refractivity contribution is 0.0770. The summed E-state index contributed by atoms with van der Waals surface area (Å²) in [4.78, 5) is 41.6. The van der Waals surface area contributed by atoms with Crippen LogP contribution in [0.1, 0.15) is 33.6 Å². The van der Waals surface area contributed by atoms with Gasteiger partial charge in [0.15, 0.2) is 0 Å². The van der Waals surface area contributed by atoms with Gasteiger partial charge in [0.1, 0.15) is 6.29 Å². The number of amides is 2. The van der Waals surface area contributed by atoms with Gasteiger partial charge in [-0.3, -0.25) is 14.5 Å². The van der Waals surface area contributed by atoms with Gasteiger partial charge in [0.2, 0.25) is 0 Å². The van der Waals surface area contributed by atoms with Crippen LogP contribution in [0.2, 0.25) is 0 Å². The lowest BCUT2D eigenvalue weighted by atomic mass is 9.98. The summed E-state index contributed by atoms with van der Waals surface area (Å²) >= 11 is 0. The summed E-state index contributed by atoms with van der Waals surface area (Å²) in [5.74, 6) is -0.122. The molecule has 1 N–H and O–H groups in total. The molecule has 186 valence electrons. The highest BCUT2D eigenvalue weighted by Gasteiger charge is 2.30. The standard InChI is InChI=1S/C29H31N3O4/c1-30(28(34)24-11-7-8-22(20-24)21-33)18-19-31-16-14-25(15-17-31)32(29(35)36)27-13-6-5-12-26(27)23-9-3-2-4-10-23/h2-13,20-21,25H,14-19H2,1H3,(H,35,36). The number of hydrogen-bond acceptors (Lipinski definition) is 4. The number of aldehydes is 1. The topological polar surface area (TPSA) is 81.2 Å². The van der Waals surface area contributed by atoms with E-state index in [1.807, 2.05) is 54.6 Å². The summed E-state index contributed by atoms with van der Waals surface area (Å²) in [6, 6.07) is 24.1. The minimum Gasteiger partial charge on any atom is -0.465 e. The molecule has 0 radical (unpaired) electrons. The van der Waals surface area contributed by atoms with Gasteiger partial charge in [-0.05, 0) is 36.6 Å². The van der Waals surface area contributed by atoms with E-state index >= 15 is 0 Å². The minimum absolute atomic E-state index is 0.117. The van der Waals surface area contributed by atoms with Crippen LogP contribution in [0.15, 0.2) is 78.9 Å². The van der Waals surface area contributed by atoms with Crippen LogP contribution >= 0.6 is 0 Å². The molecule has 0 bridgehead atoms. The van der Waals surface area contributed by atoms with Crippen molar-refractivity contribution < 1.29 is 19.5 Å². The third kappa shape index (κ3) is 5.80. The second kappa shape index (κ2) is 11.6. The molecule has 3 aromatic rings. The van der Waals surface area contributed by atoms with Crippen LogP contribution in [0.4, 0.5) is 10.5 Å². The van der Waals surface area contributed by atoms with Crippen molar-refractivity contribution in [3.63, 3.8) is 0 Å². The fourth-order valence-corrected chi connectivity index (χ4v) is 4.76. The summed E-state index contributed by atoms with van der Waals surface area (Å²) in [5, 5.41) is 10.1. The lowest BCUT2D eigenvalue weighted by Crippen LogP contribution is -2.48. The Morgan fingerprint density at radius 2 is 1.67 bits per heavy atom. The van der Waals surface area contributed by atoms with Crippen molar-refractivity contribution in [2.75, 3.05) is 38.1 Å². The number of carbonyl (C=O) groups is 3. The monoisotopic (exact) mass is 485 g/mol. The zero-order chi connectivity index (χ0) is 25.5. The van der Waals surface area contributed by atoms with Crippen molar-refractivity contribution >= 4 is 24.0 Å². The molecule has 0 atom stereocenters. The molecular formula is C29H31N3O4. The summed E-state index contributed by atoms with van der Waals surface area (Å²) in [7, 11) is 1.76. The summed E-state index contributed by atoms with van der Waals surface area (Å²) in [6.07, 6.45) is 1.22. The maximum atomic E-state index is 12.7. The number of piperidine rings is 1. The Labute approximate surface area is 211 Å². The van der Waals surface area contributed by atoms with E-state index in [4.69, 9.17) is 0 Å². The molecule has 0 saturated carbocycles. The van der Waals surface area contributed by atoms with Gasteiger partial charge in [-0.2, -0.15) is 0 Å². The van der Waals surface area contributed by atoms with Gasteiger partial charge in [0.05, 0.1) is 5.69 Å². The van der Waals surface area contributed by atoms with Crippen molar-refractivity contribution in [2.24, 2.45) is 0 Å². The van der Waals surface area contributed by atoms with E-state index in [9.17, 15) is 19.5 Å². The third-order valence-electron chi connectivity index (χ3n) is 6.74. The minimum atomic E-state index is -0.945. The highest BCUT2D eigenvalue weighted by Crippen LogP contribution is 2.34. The van der Waals surface area contributed by atoms with Gasteiger partial charge in [-0.1, -0.05) is 60.7 Å². The van der Waals surface area contributed by atoms with Crippen molar-refractivity contribution in [1.29, 1.82) is 0 Å². The average molecular weight is 486 g/mol. The molecule has 2 amide bonds. The highest BCUT2D eigenvalue weighted by atomic mass is 16.4. The van der Waals surface area contributed by atoms with E-state index in [0.29, 0.717) is 42.7 Å². The molecule has 1 aliphatic rings. The van der Waals surface area contributed by atoms with Crippen LogP contribution < -0.4 is 4.90 Å². The number of hydrogen-bond donors (Lipinski definition) is 1. The molecule has 1 saturated heterocycles. The molecule has 1 fully saturated rings. The predicted octanol–water partition coefficient (Wildman–Crippen LogP) is 4.89. The largest absolute Gasteiger partial charge is 0.465 e. The SMILES string of the molecule is CN(CCN1CCC(N(C(=O)O)c2ccccc2-c2ccccc2)CC1)C(=O)c1cccc(C=O)c1. The molecule has 7 nitrogen and oxygen atoms in total. The number of para-hydroxylation sites is 1. The van der Waals surface area contributed by atoms with Crippen molar-refractivity contribution in [3.8, 4) is 11.1 Å². The lowest BCUT2D eigenvalue weighted by Gasteiger charge is -2.38. The third-order valence-corrected chi connectivity index (χ3v) is 6.74. The fourth-order valence-electron chi connectivity index (χ4n) is 4.76. The van der Waals surface area contributed by atoms with Crippen molar-refractivity contribution in [2.45, 2.75) is 18.9 Å². The first-order chi connectivity index (χ1) is 17.5. The Hall–Kier alpha value is -3.97. The van der Waals surface area contributed by atoms with Gasteiger partial charge in [0.25, 0.3) is 5.91 Å². The zero-order valence-corrected chi connectivity index (χ0v) is 20.4. The van der Waals surface area contributed by atoms with E-state index in [1.54, 1.807) is 36.2 Å². The van der Waals surface area contributed by atoms with Gasteiger partial charge in [-0.25, -0.2) is 4.79 Å². The smallest absolute Gasteiger partial charge is 0.412 e. The molecule has 4 rings (SSSR count). The second-order valence-corrected chi connectivity index (χ2v) is 9.08. The molecule has 36 heavy (non-hydrogen) atoms. The van der Waals surface area contributed by atoms with E-state index in [2.05, 4.69) is 4.90 Å². The van der Waals surface area contributed by atoms with Crippen molar-refractivity contribution in [3.05, 3.63) is 90.0 Å². The van der Waals surface area contributed by atoms with Crippen LogP contribution in [0.5, 0.6) is 0 Å². The second-order valence-electron chi connectivity index (χ2n) is 9.08. The molecule has 7 heteroatoms. The fraction of sp³-hybridized carbons (Fsp3) is 0.276. The van der Waals surface area contributed by atoms with Gasteiger partial charge >= 0.3 is 6.09 Å². The first kappa shape index (κ1) is 25.1. The maximum Gasteiger partial charge on any atom is 0.412 e. The number of benzene rings is 3. The van der Waals surface area contributed by atoms with E-state index in [0.717, 1.165) is 30.5 Å². The molecule has 0 spiro atoms. The van der Waals surface area contributed by atoms with Gasteiger partial charge in [0, 0.05) is 56.0 Å². The van der Waals surface area contributed by atoms with E-state index < -0.39 is 6.09 Å². The number of carbonyl (C=O) groups excluding carboxylic acids is 2. The Bertz CT molecular complexity index is 1210. The number of rotatable bonds is 8. The molecular weight excluding hydrogens is 454 g/mol. The molecule has 3 aromatic carbocycles. The predicted molar refractivity (Wildman–Crippen MR) is 141 cm³/mol. The molecule has 0 aromatic heterocycles. The van der Waals surface area contributed by atoms with E-state index in [-0.39, 0.29) is 11.9 Å². The van der Waals surface area contributed by atoms with Crippen LogP contribution in [0, 0.1) is 0 Å². The van der Waals surface area contributed by atoms with Crippen LogP contribution in [0.25, 0.3) is 11.1 Å². The normalized spacial score (nSPS) is 14.2. The number of likely N-dealkylation sites (N-methyl/N-ethyl adjacent to an activating group) is 1. The quantitative estimate of drug-likeness (QED) is 0.460. The number of nitrogens with zero attached hydrogens (tertiary/aromatic N) is 3. The summed E-state index contributed by atoms with van der Waals surface area (Å²) < 4.78 is 0. The van der Waals surface area contributed by atoms with E-state index in [1.165, 1.54) is 4.90 Å². The first-order valence-corrected chi connectivity index (χ1v) is 12.2. The van der Waals surface area contributed by atoms with Crippen LogP contribution in [-0.2, 0) is 0 Å². The Morgan fingerprint density at radius 1 is 0.972 bits per heavy atom. The number of anilines is 1.